The van der Waals surface area contributed by atoms with Crippen LogP contribution in [0.25, 0.3) is 44.3 Å². The number of ketones is 1. The Morgan fingerprint density at radius 1 is 0.529 bits per heavy atom. The van der Waals surface area contributed by atoms with Crippen LogP contribution in [0.4, 0.5) is 0 Å². The van der Waals surface area contributed by atoms with E-state index in [1.807, 2.05) is 36.4 Å². The van der Waals surface area contributed by atoms with E-state index in [4.69, 9.17) is 0 Å². The predicted molar refractivity (Wildman–Crippen MR) is 140 cm³/mol. The van der Waals surface area contributed by atoms with Gasteiger partial charge in [-0.25, -0.2) is 0 Å². The molecule has 0 aliphatic heterocycles. The van der Waals surface area contributed by atoms with Gasteiger partial charge in [-0.2, -0.15) is 0 Å². The zero-order chi connectivity index (χ0) is 23.2. The molecular formula is C31H24N2O. The molecule has 0 radical (unpaired) electrons. The van der Waals surface area contributed by atoms with Crippen LogP contribution in [0.1, 0.15) is 15.9 Å². The number of benzene rings is 4. The van der Waals surface area contributed by atoms with Crippen LogP contribution in [-0.4, -0.2) is 14.9 Å². The fourth-order valence-corrected chi connectivity index (χ4v) is 4.94. The third-order valence-corrected chi connectivity index (χ3v) is 6.74. The van der Waals surface area contributed by atoms with Gasteiger partial charge in [0.2, 0.25) is 0 Å². The fraction of sp³-hybridized carbons (Fsp3) is 0.0645. The van der Waals surface area contributed by atoms with Crippen molar-refractivity contribution < 1.29 is 4.79 Å². The number of fused-ring (bicyclic) bond motifs is 2. The van der Waals surface area contributed by atoms with Gasteiger partial charge < -0.3 is 9.13 Å². The maximum absolute atomic E-state index is 13.5. The normalized spacial score (nSPS) is 11.4. The molecule has 0 saturated carbocycles. The van der Waals surface area contributed by atoms with Gasteiger partial charge in [-0.05, 0) is 47.5 Å². The second kappa shape index (κ2) is 7.89. The number of hydrogen-bond acceptors (Lipinski definition) is 1. The number of rotatable bonds is 4. The predicted octanol–water partition coefficient (Wildman–Crippen LogP) is 7.24. The Balaban J connectivity index is 1.38. The molecule has 0 bridgehead atoms. The van der Waals surface area contributed by atoms with E-state index in [1.165, 1.54) is 21.8 Å². The highest BCUT2D eigenvalue weighted by Crippen LogP contribution is 2.30. The Morgan fingerprint density at radius 3 is 1.41 bits per heavy atom. The van der Waals surface area contributed by atoms with Crippen molar-refractivity contribution in [2.75, 3.05) is 0 Å². The van der Waals surface area contributed by atoms with Gasteiger partial charge in [0, 0.05) is 58.4 Å². The first kappa shape index (κ1) is 20.3. The summed E-state index contributed by atoms with van der Waals surface area (Å²) in [6, 6.07) is 36.9. The van der Waals surface area contributed by atoms with Gasteiger partial charge in [0.05, 0.1) is 0 Å². The minimum Gasteiger partial charge on any atom is -0.344 e. The standard InChI is InChI=1S/C31H24N2O/c1-32-27-15-5-3-9-23(27)19-29(32)21-11-7-13-25(17-21)31(34)26-14-8-12-22(18-26)30-20-24-10-4-6-16-28(24)33(30)2/h3-20H,1-2H3. The average molecular weight is 441 g/mol. The lowest BCUT2D eigenvalue weighted by Crippen LogP contribution is -2.02. The molecule has 164 valence electrons. The summed E-state index contributed by atoms with van der Waals surface area (Å²) in [4.78, 5) is 13.5. The number of aromatic nitrogens is 2. The highest BCUT2D eigenvalue weighted by atomic mass is 16.1. The molecule has 6 aromatic rings. The summed E-state index contributed by atoms with van der Waals surface area (Å²) in [5.41, 5.74) is 8.01. The zero-order valence-corrected chi connectivity index (χ0v) is 19.2. The first-order chi connectivity index (χ1) is 16.6. The fourth-order valence-electron chi connectivity index (χ4n) is 4.94. The molecule has 3 heteroatoms. The number of aryl methyl sites for hydroxylation is 2. The minimum absolute atomic E-state index is 0.0289. The van der Waals surface area contributed by atoms with Crippen molar-refractivity contribution in [1.82, 2.24) is 9.13 Å². The van der Waals surface area contributed by atoms with Crippen molar-refractivity contribution in [3.63, 3.8) is 0 Å². The molecular weight excluding hydrogens is 416 g/mol. The van der Waals surface area contributed by atoms with Crippen molar-refractivity contribution in [3.05, 3.63) is 120 Å². The minimum atomic E-state index is 0.0289. The largest absolute Gasteiger partial charge is 0.344 e. The van der Waals surface area contributed by atoms with Crippen LogP contribution in [0.5, 0.6) is 0 Å². The molecule has 0 aliphatic carbocycles. The van der Waals surface area contributed by atoms with E-state index in [0.29, 0.717) is 11.1 Å². The van der Waals surface area contributed by atoms with Gasteiger partial charge in [0.1, 0.15) is 0 Å². The molecule has 6 rings (SSSR count). The lowest BCUT2D eigenvalue weighted by atomic mass is 9.98. The molecule has 0 saturated heterocycles. The van der Waals surface area contributed by atoms with Crippen molar-refractivity contribution in [1.29, 1.82) is 0 Å². The highest BCUT2D eigenvalue weighted by molar-refractivity contribution is 6.10. The van der Waals surface area contributed by atoms with Gasteiger partial charge in [-0.15, -0.1) is 0 Å². The Bertz CT molecular complexity index is 1570. The van der Waals surface area contributed by atoms with Crippen LogP contribution in [-0.2, 0) is 14.1 Å². The SMILES string of the molecule is Cn1c(-c2cccc(C(=O)c3cccc(-c4cc5ccccc5n4C)c3)c2)cc2ccccc21. The number of para-hydroxylation sites is 2. The van der Waals surface area contributed by atoms with Crippen molar-refractivity contribution in [2.24, 2.45) is 14.1 Å². The summed E-state index contributed by atoms with van der Waals surface area (Å²) in [6.45, 7) is 0. The van der Waals surface area contributed by atoms with E-state index in [0.717, 1.165) is 22.5 Å². The summed E-state index contributed by atoms with van der Waals surface area (Å²) in [5.74, 6) is 0.0289. The summed E-state index contributed by atoms with van der Waals surface area (Å²) in [6.07, 6.45) is 0. The second-order valence-electron chi connectivity index (χ2n) is 8.79. The number of carbonyl (C=O) groups is 1. The molecule has 0 aliphatic rings. The van der Waals surface area contributed by atoms with Crippen LogP contribution in [0.15, 0.2) is 109 Å². The topological polar surface area (TPSA) is 26.9 Å². The lowest BCUT2D eigenvalue weighted by molar-refractivity contribution is 0.103. The molecule has 34 heavy (non-hydrogen) atoms. The maximum Gasteiger partial charge on any atom is 0.193 e. The van der Waals surface area contributed by atoms with Gasteiger partial charge in [0.15, 0.2) is 5.78 Å². The molecule has 4 aromatic carbocycles. The van der Waals surface area contributed by atoms with Crippen LogP contribution in [0, 0.1) is 0 Å². The summed E-state index contributed by atoms with van der Waals surface area (Å²) < 4.78 is 4.36. The third-order valence-electron chi connectivity index (χ3n) is 6.74. The van der Waals surface area contributed by atoms with Crippen molar-refractivity contribution in [3.8, 4) is 22.5 Å². The molecule has 0 spiro atoms. The average Bonchev–Trinajstić information content (AvgIpc) is 3.41. The lowest BCUT2D eigenvalue weighted by Gasteiger charge is -2.09. The molecule has 2 aromatic heterocycles. The summed E-state index contributed by atoms with van der Waals surface area (Å²) in [5, 5.41) is 2.39. The first-order valence-corrected chi connectivity index (χ1v) is 11.4. The van der Waals surface area contributed by atoms with Crippen molar-refractivity contribution >= 4 is 27.6 Å². The molecule has 0 atom stereocenters. The molecule has 0 N–H and O–H groups in total. The van der Waals surface area contributed by atoms with Crippen LogP contribution in [0.2, 0.25) is 0 Å². The molecule has 0 amide bonds. The zero-order valence-electron chi connectivity index (χ0n) is 19.2. The number of carbonyl (C=O) groups excluding carboxylic acids is 1. The smallest absolute Gasteiger partial charge is 0.193 e. The van der Waals surface area contributed by atoms with E-state index in [1.54, 1.807) is 0 Å². The summed E-state index contributed by atoms with van der Waals surface area (Å²) >= 11 is 0. The quantitative estimate of drug-likeness (QED) is 0.266. The van der Waals surface area contributed by atoms with Gasteiger partial charge in [-0.1, -0.05) is 72.8 Å². The highest BCUT2D eigenvalue weighted by Gasteiger charge is 2.15. The van der Waals surface area contributed by atoms with Gasteiger partial charge >= 0.3 is 0 Å². The number of hydrogen-bond donors (Lipinski definition) is 0. The Labute approximate surface area is 198 Å². The first-order valence-electron chi connectivity index (χ1n) is 11.4. The Morgan fingerprint density at radius 2 is 0.971 bits per heavy atom. The van der Waals surface area contributed by atoms with E-state index >= 15 is 0 Å². The maximum atomic E-state index is 13.5. The van der Waals surface area contributed by atoms with E-state index in [-0.39, 0.29) is 5.78 Å². The van der Waals surface area contributed by atoms with Crippen LogP contribution < -0.4 is 0 Å². The molecule has 2 heterocycles. The monoisotopic (exact) mass is 440 g/mol. The van der Waals surface area contributed by atoms with E-state index in [9.17, 15) is 4.79 Å². The molecule has 3 nitrogen and oxygen atoms in total. The second-order valence-corrected chi connectivity index (χ2v) is 8.79. The summed E-state index contributed by atoms with van der Waals surface area (Å²) in [7, 11) is 4.14. The van der Waals surface area contributed by atoms with Crippen LogP contribution in [0.3, 0.4) is 0 Å². The molecule has 0 unspecified atom stereocenters. The van der Waals surface area contributed by atoms with E-state index in [2.05, 4.69) is 96.0 Å². The Kier molecular flexibility index (Phi) is 4.70. The van der Waals surface area contributed by atoms with E-state index < -0.39 is 0 Å². The third kappa shape index (κ3) is 3.25. The van der Waals surface area contributed by atoms with Crippen molar-refractivity contribution in [2.45, 2.75) is 0 Å². The number of nitrogens with zero attached hydrogens (tertiary/aromatic N) is 2. The van der Waals surface area contributed by atoms with Crippen LogP contribution >= 0.6 is 0 Å². The van der Waals surface area contributed by atoms with Gasteiger partial charge in [-0.3, -0.25) is 4.79 Å². The Hall–Kier alpha value is -4.37. The molecule has 0 fully saturated rings. The van der Waals surface area contributed by atoms with Gasteiger partial charge in [0.25, 0.3) is 0 Å².